The lowest BCUT2D eigenvalue weighted by Gasteiger charge is -2.36. The molecule has 1 fully saturated rings. The molecule has 9 nitrogen and oxygen atoms in total. The zero-order chi connectivity index (χ0) is 26.5. The Labute approximate surface area is 203 Å². The average Bonchev–Trinajstić information content (AvgIpc) is 2.83. The molecule has 1 aromatic rings. The number of nitrogens with one attached hydrogen (secondary N) is 1. The monoisotopic (exact) mass is 498 g/mol. The molecule has 0 aliphatic carbocycles. The van der Waals surface area contributed by atoms with Crippen molar-refractivity contribution in [2.45, 2.75) is 97.1 Å². The van der Waals surface area contributed by atoms with Crippen molar-refractivity contribution in [3.8, 4) is 0 Å². The Bertz CT molecular complexity index is 1090. The minimum Gasteiger partial charge on any atom is -0.481 e. The van der Waals surface area contributed by atoms with Crippen molar-refractivity contribution in [3.05, 3.63) is 28.2 Å². The van der Waals surface area contributed by atoms with Crippen LogP contribution in [-0.2, 0) is 37.6 Å². The number of carboxylic acid groups (broad SMARTS) is 1. The fourth-order valence-corrected chi connectivity index (χ4v) is 4.79. The first-order valence-electron chi connectivity index (χ1n) is 11.4. The molecule has 0 bridgehead atoms. The molecule has 34 heavy (non-hydrogen) atoms. The quantitative estimate of drug-likeness (QED) is 0.524. The third kappa shape index (κ3) is 5.92. The van der Waals surface area contributed by atoms with Gasteiger partial charge in [0.2, 0.25) is 15.6 Å². The highest BCUT2D eigenvalue weighted by Gasteiger charge is 2.52. The van der Waals surface area contributed by atoms with Gasteiger partial charge >= 0.3 is 13.1 Å². The second kappa shape index (κ2) is 9.07. The molecular formula is C23H39BN2O7S. The molecule has 2 heterocycles. The van der Waals surface area contributed by atoms with Gasteiger partial charge in [0.15, 0.2) is 0 Å². The van der Waals surface area contributed by atoms with Crippen LogP contribution in [0.3, 0.4) is 0 Å². The van der Waals surface area contributed by atoms with Crippen molar-refractivity contribution in [1.82, 2.24) is 9.29 Å². The Morgan fingerprint density at radius 3 is 2.09 bits per heavy atom. The Hall–Kier alpha value is -1.69. The van der Waals surface area contributed by atoms with E-state index >= 15 is 0 Å². The molecule has 11 heteroatoms. The minimum atomic E-state index is -3.82. The summed E-state index contributed by atoms with van der Waals surface area (Å²) < 4.78 is 41.1. The minimum absolute atomic E-state index is 0.229. The van der Waals surface area contributed by atoms with Gasteiger partial charge in [-0.3, -0.25) is 9.59 Å². The van der Waals surface area contributed by atoms with Crippen LogP contribution in [0.25, 0.3) is 0 Å². The lowest BCUT2D eigenvalue weighted by molar-refractivity contribution is -0.138. The summed E-state index contributed by atoms with van der Waals surface area (Å²) in [6.07, 6.45) is 1.49. The third-order valence-corrected chi connectivity index (χ3v) is 9.13. The maximum absolute atomic E-state index is 12.9. The van der Waals surface area contributed by atoms with Crippen molar-refractivity contribution in [3.63, 3.8) is 0 Å². The van der Waals surface area contributed by atoms with Crippen LogP contribution in [0.1, 0.15) is 74.3 Å². The molecule has 2 N–H and O–H groups in total. The van der Waals surface area contributed by atoms with Gasteiger partial charge in [0.05, 0.1) is 22.4 Å². The van der Waals surface area contributed by atoms with E-state index in [0.717, 1.165) is 0 Å². The molecule has 0 saturated carbocycles. The molecular weight excluding hydrogens is 459 g/mol. The normalized spacial score (nSPS) is 19.3. The van der Waals surface area contributed by atoms with Gasteiger partial charge < -0.3 is 19.0 Å². The predicted octanol–water partition coefficient (Wildman–Crippen LogP) is 1.81. The van der Waals surface area contributed by atoms with Crippen molar-refractivity contribution in [1.29, 1.82) is 0 Å². The third-order valence-electron chi connectivity index (χ3n) is 6.93. The molecule has 0 aromatic carbocycles. The van der Waals surface area contributed by atoms with Crippen LogP contribution in [0.15, 0.2) is 17.1 Å². The van der Waals surface area contributed by atoms with Gasteiger partial charge in [-0.1, -0.05) is 13.8 Å². The van der Waals surface area contributed by atoms with E-state index in [2.05, 4.69) is 4.72 Å². The molecule has 2 rings (SSSR count). The zero-order valence-electron chi connectivity index (χ0n) is 22.0. The number of carbonyl (C=O) groups is 1. The van der Waals surface area contributed by atoms with Gasteiger partial charge in [-0.2, -0.15) is 0 Å². The van der Waals surface area contributed by atoms with Gasteiger partial charge in [-0.25, -0.2) is 13.1 Å². The number of sulfonamides is 1. The second-order valence-corrected chi connectivity index (χ2v) is 14.3. The number of hydrogen-bond donors (Lipinski definition) is 2. The summed E-state index contributed by atoms with van der Waals surface area (Å²) in [6, 6.07) is 0.572. The topological polar surface area (TPSA) is 124 Å². The molecule has 192 valence electrons. The van der Waals surface area contributed by atoms with Gasteiger partial charge in [0.25, 0.3) is 0 Å². The molecule has 1 aromatic heterocycles. The summed E-state index contributed by atoms with van der Waals surface area (Å²) in [5, 5.41) is 9.51. The van der Waals surface area contributed by atoms with E-state index in [9.17, 15) is 23.1 Å². The number of hydrogen-bond acceptors (Lipinski definition) is 6. The number of rotatable bonds is 8. The van der Waals surface area contributed by atoms with Crippen LogP contribution in [0.2, 0.25) is 0 Å². The van der Waals surface area contributed by atoms with Crippen molar-refractivity contribution in [2.75, 3.05) is 0 Å². The molecule has 0 unspecified atom stereocenters. The first-order valence-corrected chi connectivity index (χ1v) is 12.9. The van der Waals surface area contributed by atoms with Crippen molar-refractivity contribution >= 4 is 28.6 Å². The van der Waals surface area contributed by atoms with Crippen LogP contribution in [0, 0.1) is 5.41 Å². The largest absolute Gasteiger partial charge is 0.496 e. The van der Waals surface area contributed by atoms with Crippen molar-refractivity contribution in [2.24, 2.45) is 12.5 Å². The zero-order valence-corrected chi connectivity index (χ0v) is 22.8. The van der Waals surface area contributed by atoms with Crippen LogP contribution in [0.4, 0.5) is 0 Å². The maximum atomic E-state index is 12.9. The maximum Gasteiger partial charge on any atom is 0.496 e. The van der Waals surface area contributed by atoms with Crippen LogP contribution in [-0.4, -0.2) is 53.2 Å². The van der Waals surface area contributed by atoms with Gasteiger partial charge in [-0.05, 0) is 65.9 Å². The lowest BCUT2D eigenvalue weighted by atomic mass is 9.71. The first-order chi connectivity index (χ1) is 15.1. The standard InChI is InChI=1S/C23H39BN2O7S/c1-20(2,3)34(30,31)25-17(12-19(28)29)21(4,5)13-15-11-18(27)26(10)14-16(15)24-32-22(6,7)23(8,9)33-24/h11,14,17,25H,12-13H2,1-10H3,(H,28,29)/t17-/m0/s1. The number of aromatic nitrogens is 1. The number of aliphatic carboxylic acids is 1. The molecule has 1 aliphatic rings. The number of aryl methyl sites for hydroxylation is 1. The fourth-order valence-electron chi connectivity index (χ4n) is 3.65. The molecule has 0 amide bonds. The Kier molecular flexibility index (Phi) is 7.62. The van der Waals surface area contributed by atoms with E-state index in [1.807, 2.05) is 27.7 Å². The van der Waals surface area contributed by atoms with Crippen LogP contribution < -0.4 is 15.7 Å². The first kappa shape index (κ1) is 28.6. The summed E-state index contributed by atoms with van der Waals surface area (Å²) >= 11 is 0. The summed E-state index contributed by atoms with van der Waals surface area (Å²) in [6.45, 7) is 16.0. The van der Waals surface area contributed by atoms with Gasteiger partial charge in [0, 0.05) is 30.8 Å². The van der Waals surface area contributed by atoms with Crippen LogP contribution in [0.5, 0.6) is 0 Å². The highest BCUT2D eigenvalue weighted by molar-refractivity contribution is 7.90. The molecule has 0 spiro atoms. The lowest BCUT2D eigenvalue weighted by Crippen LogP contribution is -2.52. The second-order valence-electron chi connectivity index (χ2n) is 11.8. The summed E-state index contributed by atoms with van der Waals surface area (Å²) in [4.78, 5) is 24.2. The number of carboxylic acids is 1. The van der Waals surface area contributed by atoms with E-state index in [-0.39, 0.29) is 12.0 Å². The average molecular weight is 498 g/mol. The highest BCUT2D eigenvalue weighted by atomic mass is 32.2. The Morgan fingerprint density at radius 1 is 1.15 bits per heavy atom. The van der Waals surface area contributed by atoms with E-state index in [1.165, 1.54) is 10.6 Å². The van der Waals surface area contributed by atoms with E-state index in [4.69, 9.17) is 9.31 Å². The highest BCUT2D eigenvalue weighted by Crippen LogP contribution is 2.37. The Morgan fingerprint density at radius 2 is 1.65 bits per heavy atom. The SMILES string of the molecule is Cn1cc(B2OC(C)(C)C(C)(C)O2)c(CC(C)(C)[C@H](CC(=O)O)NS(=O)(=O)C(C)(C)C)cc1=O. The van der Waals surface area contributed by atoms with E-state index < -0.39 is 56.9 Å². The smallest absolute Gasteiger partial charge is 0.481 e. The molecule has 1 aliphatic heterocycles. The Balaban J connectivity index is 2.51. The van der Waals surface area contributed by atoms with E-state index in [0.29, 0.717) is 11.0 Å². The summed E-state index contributed by atoms with van der Waals surface area (Å²) in [7, 11) is -2.91. The molecule has 0 radical (unpaired) electrons. The predicted molar refractivity (Wildman–Crippen MR) is 133 cm³/mol. The number of nitrogens with zero attached hydrogens (tertiary/aromatic N) is 1. The molecule has 1 saturated heterocycles. The van der Waals surface area contributed by atoms with Gasteiger partial charge in [-0.15, -0.1) is 0 Å². The summed E-state index contributed by atoms with van der Waals surface area (Å²) in [5.74, 6) is -1.12. The molecule has 1 atom stereocenters. The van der Waals surface area contributed by atoms with Crippen LogP contribution >= 0.6 is 0 Å². The van der Waals surface area contributed by atoms with E-state index in [1.54, 1.807) is 47.9 Å². The fraction of sp³-hybridized carbons (Fsp3) is 0.739. The number of pyridine rings is 1. The summed E-state index contributed by atoms with van der Waals surface area (Å²) in [5.41, 5.74) is -1.00. The van der Waals surface area contributed by atoms with Crippen molar-refractivity contribution < 1.29 is 27.6 Å². The van der Waals surface area contributed by atoms with Gasteiger partial charge in [0.1, 0.15) is 0 Å².